The average Bonchev–Trinajstić information content (AvgIpc) is 3.02. The van der Waals surface area contributed by atoms with Crippen molar-refractivity contribution < 1.29 is 14.3 Å². The molecular weight excluding hydrogens is 492 g/mol. The highest BCUT2D eigenvalue weighted by Gasteiger charge is 2.23. The van der Waals surface area contributed by atoms with Crippen LogP contribution in [0.1, 0.15) is 87.2 Å². The smallest absolute Gasteiger partial charge is 0.394 e. The van der Waals surface area contributed by atoms with Gasteiger partial charge >= 0.3 is 6.16 Å². The lowest BCUT2D eigenvalue weighted by Crippen LogP contribution is -2.15. The van der Waals surface area contributed by atoms with Crippen molar-refractivity contribution in [2.75, 3.05) is 0 Å². The Morgan fingerprint density at radius 3 is 1.23 bits per heavy atom. The van der Waals surface area contributed by atoms with Gasteiger partial charge in [-0.2, -0.15) is 0 Å². The van der Waals surface area contributed by atoms with E-state index in [9.17, 15) is 4.79 Å². The predicted molar refractivity (Wildman–Crippen MR) is 162 cm³/mol. The molecule has 204 valence electrons. The molecule has 0 amide bonds. The van der Waals surface area contributed by atoms with Crippen LogP contribution in [0.15, 0.2) is 97.1 Å². The van der Waals surface area contributed by atoms with Crippen molar-refractivity contribution in [3.8, 4) is 33.8 Å². The number of rotatable bonds is 6. The summed E-state index contributed by atoms with van der Waals surface area (Å²) in [6.45, 7) is 0. The van der Waals surface area contributed by atoms with Gasteiger partial charge in [-0.1, -0.05) is 123 Å². The topological polar surface area (TPSA) is 35.5 Å². The molecule has 0 saturated heterocycles. The van der Waals surface area contributed by atoms with Crippen molar-refractivity contribution in [3.05, 3.63) is 108 Å². The molecule has 0 radical (unpaired) electrons. The van der Waals surface area contributed by atoms with Crippen molar-refractivity contribution in [1.82, 2.24) is 0 Å². The van der Waals surface area contributed by atoms with Gasteiger partial charge in [0.25, 0.3) is 0 Å². The van der Waals surface area contributed by atoms with Gasteiger partial charge in [-0.15, -0.1) is 0 Å². The number of benzene rings is 4. The van der Waals surface area contributed by atoms with E-state index in [4.69, 9.17) is 9.47 Å². The zero-order valence-electron chi connectivity index (χ0n) is 23.2. The predicted octanol–water partition coefficient (Wildman–Crippen LogP) is 10.7. The van der Waals surface area contributed by atoms with Gasteiger partial charge in [-0.05, 0) is 71.9 Å². The standard InChI is InChI=1S/C37H38O3/c38-37(39-35-25-13-11-23-33(35)31-21-9-7-19-29(31)27-15-3-1-4-16-27)40-36-26-14-12-24-34(36)32-22-10-8-20-30(32)28-17-5-2-6-18-28/h7-14,19-28H,1-6,15-18H2. The highest BCUT2D eigenvalue weighted by atomic mass is 16.7. The molecule has 0 spiro atoms. The lowest BCUT2D eigenvalue weighted by molar-refractivity contribution is 0.152. The minimum atomic E-state index is -0.717. The molecule has 0 N–H and O–H groups in total. The molecule has 2 aliphatic rings. The molecule has 2 fully saturated rings. The van der Waals surface area contributed by atoms with E-state index in [2.05, 4.69) is 48.5 Å². The number of hydrogen-bond acceptors (Lipinski definition) is 3. The summed E-state index contributed by atoms with van der Waals surface area (Å²) in [4.78, 5) is 13.3. The Bertz CT molecular complexity index is 1330. The van der Waals surface area contributed by atoms with E-state index in [0.29, 0.717) is 23.3 Å². The maximum Gasteiger partial charge on any atom is 0.519 e. The fraction of sp³-hybridized carbons (Fsp3) is 0.324. The first-order chi connectivity index (χ1) is 19.8. The Hall–Kier alpha value is -3.85. The van der Waals surface area contributed by atoms with Gasteiger partial charge in [0, 0.05) is 11.1 Å². The third kappa shape index (κ3) is 5.84. The highest BCUT2D eigenvalue weighted by Crippen LogP contribution is 2.42. The second kappa shape index (κ2) is 12.6. The molecule has 0 bridgehead atoms. The van der Waals surface area contributed by atoms with E-state index in [0.717, 1.165) is 22.3 Å². The van der Waals surface area contributed by atoms with Crippen LogP contribution < -0.4 is 9.47 Å². The molecule has 4 aromatic rings. The lowest BCUT2D eigenvalue weighted by Gasteiger charge is -2.25. The second-order valence-electron chi connectivity index (χ2n) is 11.3. The van der Waals surface area contributed by atoms with E-state index in [1.807, 2.05) is 48.5 Å². The molecule has 40 heavy (non-hydrogen) atoms. The van der Waals surface area contributed by atoms with Crippen LogP contribution in [0.3, 0.4) is 0 Å². The normalized spacial score (nSPS) is 16.4. The number of ether oxygens (including phenoxy) is 2. The largest absolute Gasteiger partial charge is 0.519 e. The molecule has 0 heterocycles. The van der Waals surface area contributed by atoms with E-state index in [-0.39, 0.29) is 0 Å². The van der Waals surface area contributed by atoms with Gasteiger partial charge in [0.15, 0.2) is 0 Å². The first-order valence-electron chi connectivity index (χ1n) is 15.0. The molecule has 0 aromatic heterocycles. The summed E-state index contributed by atoms with van der Waals surface area (Å²) in [5.41, 5.74) is 6.82. The summed E-state index contributed by atoms with van der Waals surface area (Å²) in [5, 5.41) is 0. The van der Waals surface area contributed by atoms with Crippen LogP contribution in [0.25, 0.3) is 22.3 Å². The fourth-order valence-electron chi connectivity index (χ4n) is 6.78. The van der Waals surface area contributed by atoms with E-state index >= 15 is 0 Å². The number of hydrogen-bond donors (Lipinski definition) is 0. The Morgan fingerprint density at radius 1 is 0.450 bits per heavy atom. The third-order valence-electron chi connectivity index (χ3n) is 8.75. The van der Waals surface area contributed by atoms with Crippen LogP contribution in [0.4, 0.5) is 4.79 Å². The van der Waals surface area contributed by atoms with Crippen LogP contribution in [-0.2, 0) is 0 Å². The molecule has 0 unspecified atom stereocenters. The van der Waals surface area contributed by atoms with Crippen LogP contribution in [0.5, 0.6) is 11.5 Å². The number of para-hydroxylation sites is 2. The zero-order valence-corrected chi connectivity index (χ0v) is 23.2. The first kappa shape index (κ1) is 26.4. The van der Waals surface area contributed by atoms with Crippen molar-refractivity contribution in [2.24, 2.45) is 0 Å². The van der Waals surface area contributed by atoms with Gasteiger partial charge in [0.1, 0.15) is 11.5 Å². The van der Waals surface area contributed by atoms with E-state index < -0.39 is 6.16 Å². The second-order valence-corrected chi connectivity index (χ2v) is 11.3. The monoisotopic (exact) mass is 530 g/mol. The summed E-state index contributed by atoms with van der Waals surface area (Å²) in [7, 11) is 0. The molecule has 2 aliphatic carbocycles. The van der Waals surface area contributed by atoms with Gasteiger partial charge in [0.2, 0.25) is 0 Å². The quantitative estimate of drug-likeness (QED) is 0.184. The van der Waals surface area contributed by atoms with Crippen LogP contribution >= 0.6 is 0 Å². The SMILES string of the molecule is O=C(Oc1ccccc1-c1ccccc1C1CCCCC1)Oc1ccccc1-c1ccccc1C1CCCCC1. The van der Waals surface area contributed by atoms with Crippen molar-refractivity contribution in [3.63, 3.8) is 0 Å². The molecule has 0 atom stereocenters. The van der Waals surface area contributed by atoms with Gasteiger partial charge in [-0.3, -0.25) is 0 Å². The number of carbonyl (C=O) groups excluding carboxylic acids is 1. The maximum absolute atomic E-state index is 13.3. The highest BCUT2D eigenvalue weighted by molar-refractivity contribution is 5.80. The fourth-order valence-corrected chi connectivity index (χ4v) is 6.78. The van der Waals surface area contributed by atoms with Crippen LogP contribution in [0.2, 0.25) is 0 Å². The summed E-state index contributed by atoms with van der Waals surface area (Å²) in [5.74, 6) is 2.13. The number of carbonyl (C=O) groups is 1. The molecule has 3 nitrogen and oxygen atoms in total. The average molecular weight is 531 g/mol. The van der Waals surface area contributed by atoms with Gasteiger partial charge < -0.3 is 9.47 Å². The molecule has 4 aromatic carbocycles. The summed E-state index contributed by atoms with van der Waals surface area (Å²) in [6.07, 6.45) is 11.8. The zero-order chi connectivity index (χ0) is 27.1. The lowest BCUT2D eigenvalue weighted by atomic mass is 9.81. The Balaban J connectivity index is 1.26. The molecule has 6 rings (SSSR count). The molecule has 3 heteroatoms. The van der Waals surface area contributed by atoms with E-state index in [1.54, 1.807) is 0 Å². The Morgan fingerprint density at radius 2 is 0.800 bits per heavy atom. The Kier molecular flexibility index (Phi) is 8.28. The van der Waals surface area contributed by atoms with Crippen LogP contribution in [-0.4, -0.2) is 6.16 Å². The Labute approximate surface area is 238 Å². The minimum Gasteiger partial charge on any atom is -0.394 e. The van der Waals surface area contributed by atoms with Crippen molar-refractivity contribution >= 4 is 6.16 Å². The van der Waals surface area contributed by atoms with Gasteiger partial charge in [0.05, 0.1) is 0 Å². The summed E-state index contributed by atoms with van der Waals surface area (Å²) in [6, 6.07) is 32.8. The molecule has 0 aliphatic heterocycles. The van der Waals surface area contributed by atoms with Crippen molar-refractivity contribution in [2.45, 2.75) is 76.0 Å². The molecule has 2 saturated carbocycles. The minimum absolute atomic E-state index is 0.524. The van der Waals surface area contributed by atoms with Crippen LogP contribution in [0, 0.1) is 0 Å². The van der Waals surface area contributed by atoms with Crippen molar-refractivity contribution in [1.29, 1.82) is 0 Å². The summed E-state index contributed by atoms with van der Waals surface area (Å²) < 4.78 is 11.8. The van der Waals surface area contributed by atoms with E-state index in [1.165, 1.54) is 75.3 Å². The van der Waals surface area contributed by atoms with Gasteiger partial charge in [-0.25, -0.2) is 4.79 Å². The maximum atomic E-state index is 13.3. The first-order valence-corrected chi connectivity index (χ1v) is 15.0. The third-order valence-corrected chi connectivity index (χ3v) is 8.75. The molecular formula is C37H38O3. The summed E-state index contributed by atoms with van der Waals surface area (Å²) >= 11 is 0.